The Labute approximate surface area is 133 Å². The Kier molecular flexibility index (Phi) is 3.88. The van der Waals surface area contributed by atoms with E-state index in [4.69, 9.17) is 9.63 Å². The fourth-order valence-corrected chi connectivity index (χ4v) is 2.37. The van der Waals surface area contributed by atoms with Crippen LogP contribution in [0.2, 0.25) is 0 Å². The average molecular weight is 360 g/mol. The van der Waals surface area contributed by atoms with E-state index in [0.29, 0.717) is 17.4 Å². The lowest BCUT2D eigenvalue weighted by Gasteiger charge is -2.00. The van der Waals surface area contributed by atoms with Gasteiger partial charge < -0.3 is 9.63 Å². The van der Waals surface area contributed by atoms with Gasteiger partial charge in [0, 0.05) is 15.7 Å². The van der Waals surface area contributed by atoms with E-state index in [9.17, 15) is 4.79 Å². The molecule has 1 aromatic heterocycles. The van der Waals surface area contributed by atoms with Gasteiger partial charge in [-0.3, -0.25) is 5.32 Å². The number of nitrogens with zero attached hydrogens (tertiary/aromatic N) is 2. The van der Waals surface area contributed by atoms with E-state index in [1.165, 1.54) is 0 Å². The number of hydrogen-bond donors (Lipinski definition) is 2. The van der Waals surface area contributed by atoms with Gasteiger partial charge in [-0.15, -0.1) is 0 Å². The summed E-state index contributed by atoms with van der Waals surface area (Å²) in [5.41, 5.74) is 2.02. The molecule has 3 aromatic rings. The van der Waals surface area contributed by atoms with E-state index in [1.54, 1.807) is 24.3 Å². The number of aromatic nitrogens is 2. The topological polar surface area (TPSA) is 88.2 Å². The van der Waals surface area contributed by atoms with E-state index in [2.05, 4.69) is 31.4 Å². The van der Waals surface area contributed by atoms with Crippen LogP contribution in [0.1, 0.15) is 0 Å². The molecule has 3 rings (SSSR count). The van der Waals surface area contributed by atoms with Gasteiger partial charge in [-0.25, -0.2) is 4.79 Å². The number of amides is 1. The van der Waals surface area contributed by atoms with Crippen LogP contribution in [0, 0.1) is 0 Å². The molecule has 0 saturated carbocycles. The summed E-state index contributed by atoms with van der Waals surface area (Å²) in [6.07, 6.45) is -1.11. The molecular weight excluding hydrogens is 350 g/mol. The van der Waals surface area contributed by atoms with Crippen LogP contribution in [0.15, 0.2) is 57.5 Å². The van der Waals surface area contributed by atoms with Crippen molar-refractivity contribution in [1.82, 2.24) is 10.1 Å². The minimum atomic E-state index is -1.11. The molecule has 0 saturated heterocycles. The monoisotopic (exact) mass is 359 g/mol. The number of carboxylic acid groups (broad SMARTS) is 1. The predicted octanol–water partition coefficient (Wildman–Crippen LogP) is 4.26. The minimum Gasteiger partial charge on any atom is -0.465 e. The fraction of sp³-hybridized carbons (Fsp3) is 0. The number of halogens is 1. The first-order valence-electron chi connectivity index (χ1n) is 6.32. The molecule has 0 bridgehead atoms. The molecule has 0 radical (unpaired) electrons. The lowest BCUT2D eigenvalue weighted by Crippen LogP contribution is -2.06. The van der Waals surface area contributed by atoms with E-state index >= 15 is 0 Å². The van der Waals surface area contributed by atoms with Gasteiger partial charge >= 0.3 is 6.09 Å². The van der Waals surface area contributed by atoms with Crippen molar-refractivity contribution < 1.29 is 14.4 Å². The third-order valence-electron chi connectivity index (χ3n) is 2.92. The number of carbonyl (C=O) groups is 1. The lowest BCUT2D eigenvalue weighted by molar-refractivity contribution is 0.210. The van der Waals surface area contributed by atoms with Crippen LogP contribution in [-0.4, -0.2) is 21.3 Å². The zero-order valence-corrected chi connectivity index (χ0v) is 12.7. The van der Waals surface area contributed by atoms with Crippen molar-refractivity contribution in [2.45, 2.75) is 0 Å². The highest BCUT2D eigenvalue weighted by Crippen LogP contribution is 2.28. The first kappa shape index (κ1) is 14.3. The van der Waals surface area contributed by atoms with Gasteiger partial charge in [-0.1, -0.05) is 17.3 Å². The van der Waals surface area contributed by atoms with Gasteiger partial charge in [-0.05, 0) is 52.3 Å². The van der Waals surface area contributed by atoms with Crippen LogP contribution < -0.4 is 5.32 Å². The summed E-state index contributed by atoms with van der Waals surface area (Å²) in [6.45, 7) is 0. The summed E-state index contributed by atoms with van der Waals surface area (Å²) in [7, 11) is 0. The second-order valence-corrected chi connectivity index (χ2v) is 5.26. The molecule has 0 aliphatic rings. The highest BCUT2D eigenvalue weighted by Gasteiger charge is 2.12. The van der Waals surface area contributed by atoms with Crippen molar-refractivity contribution in [2.75, 3.05) is 5.32 Å². The number of anilines is 1. The normalized spacial score (nSPS) is 10.4. The average Bonchev–Trinajstić information content (AvgIpc) is 2.97. The highest BCUT2D eigenvalue weighted by molar-refractivity contribution is 9.10. The molecule has 2 N–H and O–H groups in total. The van der Waals surface area contributed by atoms with Gasteiger partial charge in [0.25, 0.3) is 5.89 Å². The highest BCUT2D eigenvalue weighted by atomic mass is 79.9. The maximum atomic E-state index is 10.6. The summed E-state index contributed by atoms with van der Waals surface area (Å²) in [6, 6.07) is 14.3. The Hall–Kier alpha value is -2.67. The maximum Gasteiger partial charge on any atom is 0.409 e. The first-order chi connectivity index (χ1) is 10.6. The van der Waals surface area contributed by atoms with E-state index in [1.807, 2.05) is 24.3 Å². The summed E-state index contributed by atoms with van der Waals surface area (Å²) < 4.78 is 6.15. The minimum absolute atomic E-state index is 0.412. The second-order valence-electron chi connectivity index (χ2n) is 4.41. The maximum absolute atomic E-state index is 10.6. The quantitative estimate of drug-likeness (QED) is 0.729. The number of rotatable bonds is 3. The van der Waals surface area contributed by atoms with Crippen molar-refractivity contribution in [1.29, 1.82) is 0 Å². The SMILES string of the molecule is O=C(O)Nc1ccc(-c2noc(-c3ccccc3Br)n2)cc1. The third-order valence-corrected chi connectivity index (χ3v) is 3.62. The molecule has 22 heavy (non-hydrogen) atoms. The number of hydrogen-bond acceptors (Lipinski definition) is 4. The Bertz CT molecular complexity index is 815. The molecule has 0 aliphatic heterocycles. The third kappa shape index (κ3) is 2.99. The predicted molar refractivity (Wildman–Crippen MR) is 84.5 cm³/mol. The Morgan fingerprint density at radius 2 is 1.86 bits per heavy atom. The number of benzene rings is 2. The van der Waals surface area contributed by atoms with Crippen LogP contribution in [-0.2, 0) is 0 Å². The van der Waals surface area contributed by atoms with Gasteiger partial charge in [-0.2, -0.15) is 4.98 Å². The molecule has 0 spiro atoms. The summed E-state index contributed by atoms with van der Waals surface area (Å²) in [5.74, 6) is 0.850. The molecule has 1 heterocycles. The molecule has 0 aliphatic carbocycles. The number of nitrogens with one attached hydrogen (secondary N) is 1. The van der Waals surface area contributed by atoms with Crippen molar-refractivity contribution in [3.8, 4) is 22.8 Å². The van der Waals surface area contributed by atoms with Crippen LogP contribution in [0.4, 0.5) is 10.5 Å². The molecule has 2 aromatic carbocycles. The largest absolute Gasteiger partial charge is 0.465 e. The van der Waals surface area contributed by atoms with E-state index in [-0.39, 0.29) is 0 Å². The Morgan fingerprint density at radius 1 is 1.14 bits per heavy atom. The summed E-state index contributed by atoms with van der Waals surface area (Å²) >= 11 is 3.44. The van der Waals surface area contributed by atoms with Crippen LogP contribution >= 0.6 is 15.9 Å². The van der Waals surface area contributed by atoms with Crippen molar-refractivity contribution in [2.24, 2.45) is 0 Å². The molecule has 0 atom stereocenters. The Morgan fingerprint density at radius 3 is 2.55 bits per heavy atom. The molecule has 1 amide bonds. The summed E-state index contributed by atoms with van der Waals surface area (Å²) in [4.78, 5) is 14.9. The molecule has 6 nitrogen and oxygen atoms in total. The lowest BCUT2D eigenvalue weighted by atomic mass is 10.2. The molecule has 0 unspecified atom stereocenters. The standard InChI is InChI=1S/C15H10BrN3O3/c16-12-4-2-1-3-11(12)14-18-13(19-22-14)9-5-7-10(8-6-9)17-15(20)21/h1-8,17H,(H,20,21). The van der Waals surface area contributed by atoms with Gasteiger partial charge in [0.15, 0.2) is 0 Å². The van der Waals surface area contributed by atoms with Gasteiger partial charge in [0.1, 0.15) is 0 Å². The second kappa shape index (κ2) is 5.98. The Balaban J connectivity index is 1.88. The van der Waals surface area contributed by atoms with Crippen LogP contribution in [0.25, 0.3) is 22.8 Å². The smallest absolute Gasteiger partial charge is 0.409 e. The van der Waals surface area contributed by atoms with E-state index in [0.717, 1.165) is 15.6 Å². The van der Waals surface area contributed by atoms with E-state index < -0.39 is 6.09 Å². The van der Waals surface area contributed by atoms with Gasteiger partial charge in [0.2, 0.25) is 5.82 Å². The van der Waals surface area contributed by atoms with Crippen LogP contribution in [0.5, 0.6) is 0 Å². The van der Waals surface area contributed by atoms with Crippen LogP contribution in [0.3, 0.4) is 0 Å². The van der Waals surface area contributed by atoms with Gasteiger partial charge in [0.05, 0.1) is 5.56 Å². The molecular formula is C15H10BrN3O3. The summed E-state index contributed by atoms with van der Waals surface area (Å²) in [5, 5.41) is 14.9. The zero-order valence-electron chi connectivity index (χ0n) is 11.2. The first-order valence-corrected chi connectivity index (χ1v) is 7.12. The van der Waals surface area contributed by atoms with Crippen molar-refractivity contribution in [3.63, 3.8) is 0 Å². The molecule has 110 valence electrons. The molecule has 0 fully saturated rings. The molecule has 7 heteroatoms. The fourth-order valence-electron chi connectivity index (χ4n) is 1.91. The van der Waals surface area contributed by atoms with Crippen molar-refractivity contribution in [3.05, 3.63) is 53.0 Å². The van der Waals surface area contributed by atoms with Crippen molar-refractivity contribution >= 4 is 27.7 Å². The zero-order chi connectivity index (χ0) is 15.5.